The predicted octanol–water partition coefficient (Wildman–Crippen LogP) is 2.97. The van der Waals surface area contributed by atoms with Crippen LogP contribution in [-0.4, -0.2) is 6.29 Å². The zero-order chi connectivity index (χ0) is 8.81. The van der Waals surface area contributed by atoms with Crippen LogP contribution in [0.5, 0.6) is 0 Å². The van der Waals surface area contributed by atoms with Gasteiger partial charge in [0.25, 0.3) is 0 Å². The molecule has 0 fully saturated rings. The first-order chi connectivity index (χ1) is 5.84. The molecular formula is C10H14OS. The lowest BCUT2D eigenvalue weighted by atomic mass is 10.1. The van der Waals surface area contributed by atoms with Crippen molar-refractivity contribution in [3.05, 3.63) is 21.9 Å². The normalized spacial score (nSPS) is 10.1. The highest BCUT2D eigenvalue weighted by Gasteiger charge is 1.98. The highest BCUT2D eigenvalue weighted by molar-refractivity contribution is 7.10. The summed E-state index contributed by atoms with van der Waals surface area (Å²) in [6.45, 7) is 2.14. The van der Waals surface area contributed by atoms with Gasteiger partial charge < -0.3 is 4.79 Å². The lowest BCUT2D eigenvalue weighted by molar-refractivity contribution is -0.107. The molecule has 0 aliphatic carbocycles. The average molecular weight is 182 g/mol. The number of aryl methyl sites for hydroxylation is 2. The zero-order valence-corrected chi connectivity index (χ0v) is 8.19. The van der Waals surface area contributed by atoms with Crippen molar-refractivity contribution in [3.63, 3.8) is 0 Å². The standard InChI is InChI=1S/C10H14OS/c1-9-6-8-12-10(9)5-3-2-4-7-11/h6-8H,2-5H2,1H3. The number of rotatable bonds is 5. The summed E-state index contributed by atoms with van der Waals surface area (Å²) < 4.78 is 0. The minimum absolute atomic E-state index is 0.713. The van der Waals surface area contributed by atoms with Gasteiger partial charge in [0, 0.05) is 11.3 Å². The van der Waals surface area contributed by atoms with E-state index in [4.69, 9.17) is 0 Å². The molecule has 0 aromatic carbocycles. The maximum absolute atomic E-state index is 10.0. The monoisotopic (exact) mass is 182 g/mol. The van der Waals surface area contributed by atoms with Gasteiger partial charge in [0.15, 0.2) is 0 Å². The molecule has 1 aromatic rings. The first kappa shape index (κ1) is 9.46. The summed E-state index contributed by atoms with van der Waals surface area (Å²) in [5, 5.41) is 2.13. The van der Waals surface area contributed by atoms with Gasteiger partial charge in [-0.05, 0) is 43.2 Å². The molecule has 0 spiro atoms. The van der Waals surface area contributed by atoms with Crippen LogP contribution < -0.4 is 0 Å². The third-order valence-electron chi connectivity index (χ3n) is 1.94. The maximum Gasteiger partial charge on any atom is 0.119 e. The Morgan fingerprint density at radius 3 is 2.92 bits per heavy atom. The Kier molecular flexibility index (Phi) is 4.01. The fourth-order valence-corrected chi connectivity index (χ4v) is 2.13. The van der Waals surface area contributed by atoms with E-state index in [1.165, 1.54) is 10.4 Å². The van der Waals surface area contributed by atoms with Crippen molar-refractivity contribution >= 4 is 17.6 Å². The predicted molar refractivity (Wildman–Crippen MR) is 52.7 cm³/mol. The minimum Gasteiger partial charge on any atom is -0.303 e. The molecule has 2 heteroatoms. The van der Waals surface area contributed by atoms with Crippen molar-refractivity contribution in [3.8, 4) is 0 Å². The number of hydrogen-bond donors (Lipinski definition) is 0. The Morgan fingerprint density at radius 2 is 2.33 bits per heavy atom. The summed E-state index contributed by atoms with van der Waals surface area (Å²) in [7, 11) is 0. The van der Waals surface area contributed by atoms with Gasteiger partial charge in [-0.3, -0.25) is 0 Å². The van der Waals surface area contributed by atoms with E-state index in [-0.39, 0.29) is 0 Å². The number of aldehydes is 1. The Labute approximate surface area is 77.4 Å². The topological polar surface area (TPSA) is 17.1 Å². The molecule has 0 radical (unpaired) electrons. The van der Waals surface area contributed by atoms with Crippen LogP contribution in [0.1, 0.15) is 29.7 Å². The first-order valence-electron chi connectivity index (χ1n) is 4.31. The molecule has 0 unspecified atom stereocenters. The first-order valence-corrected chi connectivity index (χ1v) is 5.19. The molecule has 0 aliphatic rings. The number of carbonyl (C=O) groups is 1. The van der Waals surface area contributed by atoms with E-state index in [2.05, 4.69) is 18.4 Å². The van der Waals surface area contributed by atoms with Gasteiger partial charge in [0.2, 0.25) is 0 Å². The van der Waals surface area contributed by atoms with Crippen LogP contribution in [-0.2, 0) is 11.2 Å². The van der Waals surface area contributed by atoms with Gasteiger partial charge in [-0.1, -0.05) is 0 Å². The van der Waals surface area contributed by atoms with E-state index < -0.39 is 0 Å². The highest BCUT2D eigenvalue weighted by Crippen LogP contribution is 2.17. The second kappa shape index (κ2) is 5.09. The Hall–Kier alpha value is -0.630. The van der Waals surface area contributed by atoms with Crippen molar-refractivity contribution in [2.75, 3.05) is 0 Å². The van der Waals surface area contributed by atoms with Crippen LogP contribution in [0.25, 0.3) is 0 Å². The third-order valence-corrected chi connectivity index (χ3v) is 3.03. The van der Waals surface area contributed by atoms with Crippen molar-refractivity contribution < 1.29 is 4.79 Å². The molecule has 1 aromatic heterocycles. The van der Waals surface area contributed by atoms with Crippen LogP contribution in [0.3, 0.4) is 0 Å². The molecule has 1 rings (SSSR count). The van der Waals surface area contributed by atoms with Gasteiger partial charge in [-0.2, -0.15) is 0 Å². The Balaban J connectivity index is 2.24. The summed E-state index contributed by atoms with van der Waals surface area (Å²) in [5.74, 6) is 0. The molecule has 1 nitrogen and oxygen atoms in total. The lowest BCUT2D eigenvalue weighted by Crippen LogP contribution is -1.84. The summed E-state index contributed by atoms with van der Waals surface area (Å²) in [4.78, 5) is 11.5. The molecule has 0 N–H and O–H groups in total. The van der Waals surface area contributed by atoms with Gasteiger partial charge in [0.1, 0.15) is 6.29 Å². The molecule has 0 saturated carbocycles. The molecular weight excluding hydrogens is 168 g/mol. The molecule has 0 atom stereocenters. The lowest BCUT2D eigenvalue weighted by Gasteiger charge is -1.96. The molecule has 0 saturated heterocycles. The van der Waals surface area contributed by atoms with Gasteiger partial charge in [-0.25, -0.2) is 0 Å². The maximum atomic E-state index is 10.0. The Morgan fingerprint density at radius 1 is 1.50 bits per heavy atom. The van der Waals surface area contributed by atoms with Crippen molar-refractivity contribution in [2.45, 2.75) is 32.6 Å². The van der Waals surface area contributed by atoms with E-state index in [1.54, 1.807) is 0 Å². The minimum atomic E-state index is 0.713. The number of unbranched alkanes of at least 4 members (excludes halogenated alkanes) is 2. The molecule has 12 heavy (non-hydrogen) atoms. The second-order valence-corrected chi connectivity index (χ2v) is 3.94. The van der Waals surface area contributed by atoms with Crippen molar-refractivity contribution in [1.82, 2.24) is 0 Å². The molecule has 0 aliphatic heterocycles. The summed E-state index contributed by atoms with van der Waals surface area (Å²) in [6.07, 6.45) is 5.02. The molecule has 1 heterocycles. The fourth-order valence-electron chi connectivity index (χ4n) is 1.17. The summed E-state index contributed by atoms with van der Waals surface area (Å²) in [5.41, 5.74) is 1.39. The number of hydrogen-bond acceptors (Lipinski definition) is 2. The van der Waals surface area contributed by atoms with E-state index in [0.717, 1.165) is 25.5 Å². The molecule has 66 valence electrons. The summed E-state index contributed by atoms with van der Waals surface area (Å²) in [6, 6.07) is 2.15. The van der Waals surface area contributed by atoms with Gasteiger partial charge >= 0.3 is 0 Å². The van der Waals surface area contributed by atoms with Crippen molar-refractivity contribution in [2.24, 2.45) is 0 Å². The number of carbonyl (C=O) groups excluding carboxylic acids is 1. The number of thiophene rings is 1. The van der Waals surface area contributed by atoms with Gasteiger partial charge in [-0.15, -0.1) is 11.3 Å². The van der Waals surface area contributed by atoms with Crippen LogP contribution in [0.15, 0.2) is 11.4 Å². The largest absolute Gasteiger partial charge is 0.303 e. The van der Waals surface area contributed by atoms with E-state index in [1.807, 2.05) is 11.3 Å². The van der Waals surface area contributed by atoms with Crippen molar-refractivity contribution in [1.29, 1.82) is 0 Å². The van der Waals surface area contributed by atoms with Crippen LogP contribution in [0.2, 0.25) is 0 Å². The molecule has 0 bridgehead atoms. The second-order valence-electron chi connectivity index (χ2n) is 2.94. The Bertz CT molecular complexity index is 240. The summed E-state index contributed by atoms with van der Waals surface area (Å²) >= 11 is 1.82. The van der Waals surface area contributed by atoms with Crippen LogP contribution >= 0.6 is 11.3 Å². The average Bonchev–Trinajstić information content (AvgIpc) is 2.46. The third kappa shape index (κ3) is 2.78. The van der Waals surface area contributed by atoms with E-state index in [9.17, 15) is 4.79 Å². The zero-order valence-electron chi connectivity index (χ0n) is 7.38. The fraction of sp³-hybridized carbons (Fsp3) is 0.500. The highest BCUT2D eigenvalue weighted by atomic mass is 32.1. The smallest absolute Gasteiger partial charge is 0.119 e. The van der Waals surface area contributed by atoms with E-state index in [0.29, 0.717) is 6.42 Å². The quantitative estimate of drug-likeness (QED) is 0.505. The SMILES string of the molecule is Cc1ccsc1CCCCC=O. The molecule has 0 amide bonds. The van der Waals surface area contributed by atoms with Crippen LogP contribution in [0.4, 0.5) is 0 Å². The van der Waals surface area contributed by atoms with E-state index >= 15 is 0 Å². The van der Waals surface area contributed by atoms with Crippen LogP contribution in [0, 0.1) is 6.92 Å². The van der Waals surface area contributed by atoms with Gasteiger partial charge in [0.05, 0.1) is 0 Å².